The van der Waals surface area contributed by atoms with Gasteiger partial charge in [0.2, 0.25) is 5.91 Å². The second kappa shape index (κ2) is 19.4. The zero-order chi connectivity index (χ0) is 44.1. The van der Waals surface area contributed by atoms with Crippen LogP contribution in [-0.4, -0.2) is 162 Å². The number of likely N-dealkylation sites (tertiary alicyclic amines) is 3. The first-order valence-electron chi connectivity index (χ1n) is 21.2. The number of para-hydroxylation sites is 1. The van der Waals surface area contributed by atoms with E-state index in [1.807, 2.05) is 24.3 Å². The summed E-state index contributed by atoms with van der Waals surface area (Å²) in [6, 6.07) is 9.37. The summed E-state index contributed by atoms with van der Waals surface area (Å²) in [4.78, 5) is 88.1. The minimum absolute atomic E-state index is 0.00545. The predicted octanol–water partition coefficient (Wildman–Crippen LogP) is 3.84. The maximum absolute atomic E-state index is 14.2. The number of halogens is 4. The van der Waals surface area contributed by atoms with Crippen LogP contribution in [0.3, 0.4) is 0 Å². The molecule has 0 aromatic heterocycles. The molecule has 6 amide bonds. The molecule has 0 radical (unpaired) electrons. The maximum Gasteiger partial charge on any atom is 0.418 e. The van der Waals surface area contributed by atoms with Crippen LogP contribution in [0.15, 0.2) is 36.4 Å². The summed E-state index contributed by atoms with van der Waals surface area (Å²) in [6.45, 7) is 3.87. The van der Waals surface area contributed by atoms with Gasteiger partial charge < -0.3 is 45.0 Å². The highest BCUT2D eigenvalue weighted by atomic mass is 35.5. The number of nitrogen functional groups attached to an aromatic ring is 1. The van der Waals surface area contributed by atoms with Crippen molar-refractivity contribution in [3.8, 4) is 0 Å². The van der Waals surface area contributed by atoms with Crippen LogP contribution in [0.25, 0.3) is 0 Å². The van der Waals surface area contributed by atoms with Crippen LogP contribution in [0.2, 0.25) is 5.02 Å². The summed E-state index contributed by atoms with van der Waals surface area (Å²) < 4.78 is 52.8. The first kappa shape index (κ1) is 44.7. The number of esters is 1. The molecule has 336 valence electrons. The average molecular weight is 889 g/mol. The molecule has 0 spiro atoms. The molecular weight excluding hydrogens is 837 g/mol. The highest BCUT2D eigenvalue weighted by molar-refractivity contribution is 6.33. The largest absolute Gasteiger partial charge is 0.457 e. The molecule has 0 aliphatic carbocycles. The van der Waals surface area contributed by atoms with Crippen LogP contribution < -0.4 is 11.1 Å². The molecule has 1 atom stereocenters. The van der Waals surface area contributed by atoms with Gasteiger partial charge in [-0.05, 0) is 67.9 Å². The molecule has 7 rings (SSSR count). The van der Waals surface area contributed by atoms with Gasteiger partial charge in [0.25, 0.3) is 5.91 Å². The third-order valence-electron chi connectivity index (χ3n) is 12.6. The van der Waals surface area contributed by atoms with Crippen LogP contribution >= 0.6 is 11.6 Å². The number of nitrogens with two attached hydrogens (primary N) is 1. The predicted molar refractivity (Wildman–Crippen MR) is 220 cm³/mol. The number of alkyl halides is 3. The number of carbonyl (C=O) groups excluding carboxylic acids is 6. The number of anilines is 2. The number of hydrogen-bond donors (Lipinski definition) is 2. The lowest BCUT2D eigenvalue weighted by Crippen LogP contribution is -2.57. The fourth-order valence-corrected chi connectivity index (χ4v) is 9.28. The van der Waals surface area contributed by atoms with Crippen molar-refractivity contribution in [1.82, 2.24) is 29.4 Å². The molecule has 0 saturated carbocycles. The van der Waals surface area contributed by atoms with E-state index >= 15 is 0 Å². The number of benzene rings is 2. The van der Waals surface area contributed by atoms with Gasteiger partial charge in [-0.3, -0.25) is 19.3 Å². The Hall–Kier alpha value is -5.30. The number of fused-ring (bicyclic) bond motifs is 1. The van der Waals surface area contributed by atoms with Gasteiger partial charge in [0.15, 0.2) is 6.10 Å². The number of urea groups is 1. The van der Waals surface area contributed by atoms with Crippen LogP contribution in [-0.2, 0) is 47.7 Å². The third-order valence-corrected chi connectivity index (χ3v) is 12.9. The highest BCUT2D eigenvalue weighted by Gasteiger charge is 2.39. The molecule has 20 heteroatoms. The summed E-state index contributed by atoms with van der Waals surface area (Å²) in [6.07, 6.45) is -3.49. The standard InChI is InChI=1S/C42H52ClF3N8O8/c43-32-25-27(24-31(36(32)47)42(44,45)46)26-34(62-41(60)53-15-10-30(11-16-53)54-17-7-28-4-1-2-5-33(28)48-40(54)59)37(56)52-20-18-49(19-21-52)29-8-13-51(14-9-29)38(57)39(58)61-23-22-50-12-3-6-35(50)55/h1-2,4-5,24-25,29-30,34H,3,6-23,26,47H2,(H,48,59)/t34-/m1/s1. The minimum atomic E-state index is -4.82. The van der Waals surface area contributed by atoms with Crippen LogP contribution in [0.5, 0.6) is 0 Å². The van der Waals surface area contributed by atoms with Crippen molar-refractivity contribution < 1.29 is 51.4 Å². The lowest BCUT2D eigenvalue weighted by atomic mass is 10.0. The molecule has 16 nitrogen and oxygen atoms in total. The monoisotopic (exact) mass is 888 g/mol. The average Bonchev–Trinajstić information content (AvgIpc) is 3.59. The fourth-order valence-electron chi connectivity index (χ4n) is 9.04. The third kappa shape index (κ3) is 10.5. The maximum atomic E-state index is 14.2. The van der Waals surface area contributed by atoms with Crippen molar-refractivity contribution in [1.29, 1.82) is 0 Å². The molecule has 5 heterocycles. The molecule has 2 aromatic rings. The molecule has 4 saturated heterocycles. The van der Waals surface area contributed by atoms with Crippen molar-refractivity contribution in [3.63, 3.8) is 0 Å². The number of nitrogens with one attached hydrogen (secondary N) is 1. The van der Waals surface area contributed by atoms with Crippen LogP contribution in [0, 0.1) is 0 Å². The SMILES string of the molecule is Nc1c(Cl)cc(C[C@@H](OC(=O)N2CCC(N3CCc4ccccc4NC3=O)CC2)C(=O)N2CCN(C3CCN(C(=O)C(=O)OCCN4CCCC4=O)CC3)CC2)cc1C(F)(F)F. The number of nitrogens with zero attached hydrogens (tertiary/aromatic N) is 6. The van der Waals surface area contributed by atoms with Gasteiger partial charge in [-0.25, -0.2) is 14.4 Å². The number of piperazine rings is 1. The number of ether oxygens (including phenoxy) is 2. The summed E-state index contributed by atoms with van der Waals surface area (Å²) >= 11 is 6.14. The smallest absolute Gasteiger partial charge is 0.418 e. The number of rotatable bonds is 9. The van der Waals surface area contributed by atoms with E-state index in [9.17, 15) is 41.9 Å². The second-order valence-corrected chi connectivity index (χ2v) is 16.8. The normalized spacial score (nSPS) is 20.1. The van der Waals surface area contributed by atoms with Crippen molar-refractivity contribution in [2.75, 3.05) is 89.6 Å². The van der Waals surface area contributed by atoms with Crippen molar-refractivity contribution in [2.24, 2.45) is 0 Å². The van der Waals surface area contributed by atoms with E-state index in [2.05, 4.69) is 10.2 Å². The lowest BCUT2D eigenvalue weighted by molar-refractivity contribution is -0.161. The number of carbonyl (C=O) groups is 6. The zero-order valence-electron chi connectivity index (χ0n) is 34.4. The molecule has 62 heavy (non-hydrogen) atoms. The Bertz CT molecular complexity index is 2020. The van der Waals surface area contributed by atoms with Gasteiger partial charge in [0.05, 0.1) is 22.8 Å². The van der Waals surface area contributed by atoms with E-state index in [1.54, 1.807) is 9.80 Å². The van der Waals surface area contributed by atoms with Crippen molar-refractivity contribution in [3.05, 3.63) is 58.1 Å². The summed E-state index contributed by atoms with van der Waals surface area (Å²) in [5.41, 5.74) is 5.68. The van der Waals surface area contributed by atoms with Crippen LogP contribution in [0.1, 0.15) is 55.2 Å². The molecule has 2 aromatic carbocycles. The van der Waals surface area contributed by atoms with E-state index in [0.29, 0.717) is 77.8 Å². The van der Waals surface area contributed by atoms with Gasteiger partial charge in [-0.15, -0.1) is 0 Å². The van der Waals surface area contributed by atoms with Gasteiger partial charge >= 0.3 is 30.2 Å². The van der Waals surface area contributed by atoms with E-state index in [4.69, 9.17) is 26.8 Å². The zero-order valence-corrected chi connectivity index (χ0v) is 35.1. The molecule has 5 aliphatic heterocycles. The number of amides is 6. The molecule has 5 aliphatic rings. The molecule has 4 fully saturated rings. The Balaban J connectivity index is 0.937. The molecule has 0 bridgehead atoms. The quantitative estimate of drug-likeness (QED) is 0.214. The molecule has 3 N–H and O–H groups in total. The van der Waals surface area contributed by atoms with Gasteiger partial charge in [0.1, 0.15) is 6.61 Å². The van der Waals surface area contributed by atoms with E-state index in [-0.39, 0.29) is 80.4 Å². The highest BCUT2D eigenvalue weighted by Crippen LogP contribution is 2.38. The first-order valence-corrected chi connectivity index (χ1v) is 21.6. The van der Waals surface area contributed by atoms with Gasteiger partial charge in [-0.2, -0.15) is 13.2 Å². The van der Waals surface area contributed by atoms with E-state index < -0.39 is 47.4 Å². The Kier molecular flexibility index (Phi) is 14.0. The minimum Gasteiger partial charge on any atom is -0.457 e. The van der Waals surface area contributed by atoms with E-state index in [0.717, 1.165) is 23.7 Å². The summed E-state index contributed by atoms with van der Waals surface area (Å²) in [7, 11) is 0. The Morgan fingerprint density at radius 2 is 1.52 bits per heavy atom. The topological polar surface area (TPSA) is 178 Å². The van der Waals surface area contributed by atoms with Gasteiger partial charge in [0, 0.05) is 96.1 Å². The molecular formula is C42H52ClF3N8O8. The summed E-state index contributed by atoms with van der Waals surface area (Å²) in [5.74, 6) is -2.24. The van der Waals surface area contributed by atoms with Crippen molar-refractivity contribution in [2.45, 2.75) is 75.7 Å². The Labute approximate surface area is 362 Å². The Morgan fingerprint density at radius 1 is 0.839 bits per heavy atom. The van der Waals surface area contributed by atoms with E-state index in [1.165, 1.54) is 20.8 Å². The fraction of sp³-hybridized carbons (Fsp3) is 0.571. The van der Waals surface area contributed by atoms with Crippen molar-refractivity contribution >= 4 is 58.8 Å². The first-order chi connectivity index (χ1) is 29.7. The molecule has 0 unspecified atom stereocenters. The number of piperidine rings is 2. The lowest BCUT2D eigenvalue weighted by Gasteiger charge is -2.43. The van der Waals surface area contributed by atoms with Crippen LogP contribution in [0.4, 0.5) is 34.1 Å². The van der Waals surface area contributed by atoms with Gasteiger partial charge in [-0.1, -0.05) is 29.8 Å². The number of hydrogen-bond acceptors (Lipinski definition) is 10. The second-order valence-electron chi connectivity index (χ2n) is 16.4. The summed E-state index contributed by atoms with van der Waals surface area (Å²) in [5, 5.41) is 2.63. The Morgan fingerprint density at radius 3 is 2.19 bits per heavy atom.